The van der Waals surface area contributed by atoms with Crippen molar-refractivity contribution >= 4 is 11.7 Å². The largest absolute Gasteiger partial charge is 0.497 e. The summed E-state index contributed by atoms with van der Waals surface area (Å²) in [4.78, 5) is 13.8. The van der Waals surface area contributed by atoms with Crippen molar-refractivity contribution in [3.8, 4) is 5.75 Å². The molecule has 18 heavy (non-hydrogen) atoms. The number of nitrogens with zero attached hydrogens (tertiary/aromatic N) is 1. The Bertz CT molecular complexity index is 405. The van der Waals surface area contributed by atoms with E-state index in [2.05, 4.69) is 5.32 Å². The average Bonchev–Trinajstić information content (AvgIpc) is 2.39. The fourth-order valence-electron chi connectivity index (χ4n) is 2.07. The van der Waals surface area contributed by atoms with E-state index in [4.69, 9.17) is 10.5 Å². The predicted octanol–water partition coefficient (Wildman–Crippen LogP) is 1.65. The Morgan fingerprint density at radius 3 is 2.78 bits per heavy atom. The lowest BCUT2D eigenvalue weighted by atomic mass is 10.1. The molecular weight excluding hydrogens is 230 g/mol. The van der Waals surface area contributed by atoms with Crippen LogP contribution in [0.15, 0.2) is 24.3 Å². The van der Waals surface area contributed by atoms with E-state index in [1.165, 1.54) is 0 Å². The number of likely N-dealkylation sites (tertiary alicyclic amines) is 1. The van der Waals surface area contributed by atoms with Gasteiger partial charge in [-0.05, 0) is 37.1 Å². The number of ether oxygens (including phenoxy) is 1. The number of hydrogen-bond acceptors (Lipinski definition) is 3. The van der Waals surface area contributed by atoms with Gasteiger partial charge in [0.2, 0.25) is 0 Å². The third-order valence-electron chi connectivity index (χ3n) is 3.09. The highest BCUT2D eigenvalue weighted by Gasteiger charge is 2.20. The highest BCUT2D eigenvalue weighted by molar-refractivity contribution is 5.89. The summed E-state index contributed by atoms with van der Waals surface area (Å²) in [7, 11) is 1.61. The first kappa shape index (κ1) is 12.7. The van der Waals surface area contributed by atoms with Crippen LogP contribution in [0.25, 0.3) is 0 Å². The van der Waals surface area contributed by atoms with Crippen LogP contribution in [0.3, 0.4) is 0 Å². The molecule has 1 fully saturated rings. The molecule has 1 atom stereocenters. The summed E-state index contributed by atoms with van der Waals surface area (Å²) in [6, 6.07) is 7.28. The van der Waals surface area contributed by atoms with E-state index < -0.39 is 0 Å². The predicted molar refractivity (Wildman–Crippen MR) is 70.8 cm³/mol. The molecule has 98 valence electrons. The molecule has 0 unspecified atom stereocenters. The molecule has 1 aliphatic heterocycles. The number of anilines is 1. The minimum Gasteiger partial charge on any atom is -0.497 e. The average molecular weight is 249 g/mol. The summed E-state index contributed by atoms with van der Waals surface area (Å²) in [6.45, 7) is 1.40. The molecule has 0 radical (unpaired) electrons. The van der Waals surface area contributed by atoms with Gasteiger partial charge in [0.05, 0.1) is 7.11 Å². The number of urea groups is 1. The second-order valence-electron chi connectivity index (χ2n) is 4.51. The number of hydrogen-bond donors (Lipinski definition) is 2. The van der Waals surface area contributed by atoms with Crippen molar-refractivity contribution in [1.29, 1.82) is 0 Å². The van der Waals surface area contributed by atoms with Gasteiger partial charge in [-0.1, -0.05) is 0 Å². The van der Waals surface area contributed by atoms with Crippen molar-refractivity contribution in [3.05, 3.63) is 24.3 Å². The summed E-state index contributed by atoms with van der Waals surface area (Å²) in [5.74, 6) is 0.771. The second kappa shape index (κ2) is 5.73. The molecular formula is C13H19N3O2. The van der Waals surface area contributed by atoms with E-state index in [1.807, 2.05) is 24.3 Å². The Morgan fingerprint density at radius 1 is 1.44 bits per heavy atom. The third-order valence-corrected chi connectivity index (χ3v) is 3.09. The van der Waals surface area contributed by atoms with Crippen LogP contribution in [-0.4, -0.2) is 37.2 Å². The van der Waals surface area contributed by atoms with Gasteiger partial charge in [0.1, 0.15) is 5.75 Å². The lowest BCUT2D eigenvalue weighted by Crippen LogP contribution is -2.47. The third kappa shape index (κ3) is 3.13. The van der Waals surface area contributed by atoms with E-state index in [-0.39, 0.29) is 12.1 Å². The number of nitrogens with one attached hydrogen (secondary N) is 1. The first-order chi connectivity index (χ1) is 8.69. The molecule has 0 spiro atoms. The highest BCUT2D eigenvalue weighted by Crippen LogP contribution is 2.16. The van der Waals surface area contributed by atoms with Gasteiger partial charge in [0.25, 0.3) is 0 Å². The number of carbonyl (C=O) groups excluding carboxylic acids is 1. The lowest BCUT2D eigenvalue weighted by Gasteiger charge is -2.30. The number of nitrogens with two attached hydrogens (primary N) is 1. The zero-order valence-electron chi connectivity index (χ0n) is 10.6. The Balaban J connectivity index is 1.93. The first-order valence-electron chi connectivity index (χ1n) is 6.14. The van der Waals surface area contributed by atoms with E-state index in [0.717, 1.165) is 30.8 Å². The van der Waals surface area contributed by atoms with Crippen LogP contribution in [0.1, 0.15) is 12.8 Å². The van der Waals surface area contributed by atoms with Crippen LogP contribution in [0.2, 0.25) is 0 Å². The van der Waals surface area contributed by atoms with Gasteiger partial charge in [-0.25, -0.2) is 4.79 Å². The topological polar surface area (TPSA) is 67.6 Å². The molecule has 5 heteroatoms. The van der Waals surface area contributed by atoms with Gasteiger partial charge in [-0.2, -0.15) is 0 Å². The van der Waals surface area contributed by atoms with E-state index >= 15 is 0 Å². The molecule has 0 saturated carbocycles. The zero-order chi connectivity index (χ0) is 13.0. The fraction of sp³-hybridized carbons (Fsp3) is 0.462. The Hall–Kier alpha value is -1.75. The number of carbonyl (C=O) groups is 1. The monoisotopic (exact) mass is 249 g/mol. The van der Waals surface area contributed by atoms with Gasteiger partial charge in [-0.15, -0.1) is 0 Å². The first-order valence-corrected chi connectivity index (χ1v) is 6.14. The summed E-state index contributed by atoms with van der Waals surface area (Å²) in [6.07, 6.45) is 1.96. The van der Waals surface area contributed by atoms with Gasteiger partial charge in [-0.3, -0.25) is 0 Å². The van der Waals surface area contributed by atoms with E-state index in [9.17, 15) is 4.79 Å². The standard InChI is InChI=1S/C13H19N3O2/c1-18-12-6-4-11(5-7-12)15-13(17)16-8-2-3-10(14)9-16/h4-7,10H,2-3,8-9,14H2,1H3,(H,15,17)/t10-/m1/s1. The van der Waals surface area contributed by atoms with E-state index in [1.54, 1.807) is 12.0 Å². The fourth-order valence-corrected chi connectivity index (χ4v) is 2.07. The number of benzene rings is 1. The molecule has 3 N–H and O–H groups in total. The van der Waals surface area contributed by atoms with Crippen molar-refractivity contribution in [3.63, 3.8) is 0 Å². The van der Waals surface area contributed by atoms with Gasteiger partial charge in [0, 0.05) is 24.8 Å². The maximum absolute atomic E-state index is 12.0. The van der Waals surface area contributed by atoms with Crippen LogP contribution in [0.5, 0.6) is 5.75 Å². The molecule has 0 bridgehead atoms. The molecule has 1 aromatic rings. The summed E-state index contributed by atoms with van der Waals surface area (Å²) in [5.41, 5.74) is 6.62. The summed E-state index contributed by atoms with van der Waals surface area (Å²) < 4.78 is 5.06. The smallest absolute Gasteiger partial charge is 0.321 e. The van der Waals surface area contributed by atoms with Crippen LogP contribution < -0.4 is 15.8 Å². The minimum absolute atomic E-state index is 0.0877. The molecule has 1 aromatic carbocycles. The van der Waals surface area contributed by atoms with Crippen molar-refractivity contribution in [2.45, 2.75) is 18.9 Å². The maximum Gasteiger partial charge on any atom is 0.321 e. The molecule has 2 rings (SSSR count). The molecule has 5 nitrogen and oxygen atoms in total. The lowest BCUT2D eigenvalue weighted by molar-refractivity contribution is 0.193. The summed E-state index contributed by atoms with van der Waals surface area (Å²) in [5, 5.41) is 2.86. The van der Waals surface area contributed by atoms with Crippen molar-refractivity contribution in [2.24, 2.45) is 5.73 Å². The number of piperidine rings is 1. The van der Waals surface area contributed by atoms with Gasteiger partial charge < -0.3 is 20.7 Å². The van der Waals surface area contributed by atoms with E-state index in [0.29, 0.717) is 6.54 Å². The Morgan fingerprint density at radius 2 is 2.17 bits per heavy atom. The Labute approximate surface area is 107 Å². The number of rotatable bonds is 2. The van der Waals surface area contributed by atoms with Gasteiger partial charge in [0.15, 0.2) is 0 Å². The second-order valence-corrected chi connectivity index (χ2v) is 4.51. The van der Waals surface area contributed by atoms with Crippen molar-refractivity contribution in [2.75, 3.05) is 25.5 Å². The number of amides is 2. The molecule has 0 aliphatic carbocycles. The number of methoxy groups -OCH3 is 1. The molecule has 2 amide bonds. The molecule has 0 aromatic heterocycles. The SMILES string of the molecule is COc1ccc(NC(=O)N2CCC[C@@H](N)C2)cc1. The molecule has 1 heterocycles. The highest BCUT2D eigenvalue weighted by atomic mass is 16.5. The minimum atomic E-state index is -0.0877. The molecule has 1 aliphatic rings. The zero-order valence-corrected chi connectivity index (χ0v) is 10.6. The van der Waals surface area contributed by atoms with Crippen molar-refractivity contribution in [1.82, 2.24) is 4.90 Å². The van der Waals surface area contributed by atoms with Gasteiger partial charge >= 0.3 is 6.03 Å². The normalized spacial score (nSPS) is 19.4. The van der Waals surface area contributed by atoms with Crippen LogP contribution in [-0.2, 0) is 0 Å². The maximum atomic E-state index is 12.0. The van der Waals surface area contributed by atoms with Crippen LogP contribution in [0.4, 0.5) is 10.5 Å². The van der Waals surface area contributed by atoms with Crippen LogP contribution in [0, 0.1) is 0 Å². The summed E-state index contributed by atoms with van der Waals surface area (Å²) >= 11 is 0. The molecule has 1 saturated heterocycles. The Kier molecular flexibility index (Phi) is 4.04. The van der Waals surface area contributed by atoms with Crippen LogP contribution >= 0.6 is 0 Å². The quantitative estimate of drug-likeness (QED) is 0.837. The van der Waals surface area contributed by atoms with Crippen molar-refractivity contribution < 1.29 is 9.53 Å².